The first kappa shape index (κ1) is 14.4. The first-order valence-electron chi connectivity index (χ1n) is 5.81. The van der Waals surface area contributed by atoms with Gasteiger partial charge in [0.25, 0.3) is 5.91 Å². The number of hydrazone groups is 1. The average molecular weight is 381 g/mol. The van der Waals surface area contributed by atoms with E-state index in [-0.39, 0.29) is 11.7 Å². The number of rotatable bonds is 3. The van der Waals surface area contributed by atoms with Gasteiger partial charge in [-0.05, 0) is 59.8 Å². The van der Waals surface area contributed by atoms with E-state index in [1.54, 1.807) is 30.3 Å². The van der Waals surface area contributed by atoms with Gasteiger partial charge in [0.2, 0.25) is 0 Å². The number of pyridine rings is 1. The summed E-state index contributed by atoms with van der Waals surface area (Å²) in [6.45, 7) is 1.85. The molecule has 0 aliphatic rings. The first-order valence-corrected chi connectivity index (χ1v) is 6.89. The molecule has 20 heavy (non-hydrogen) atoms. The Labute approximate surface area is 129 Å². The molecule has 1 aromatic heterocycles. The summed E-state index contributed by atoms with van der Waals surface area (Å²) in [7, 11) is 0. The maximum Gasteiger partial charge on any atom is 0.272 e. The zero-order valence-corrected chi connectivity index (χ0v) is 12.8. The molecule has 1 amide bonds. The van der Waals surface area contributed by atoms with Crippen LogP contribution in [0, 0.1) is 10.5 Å². The number of nitrogens with zero attached hydrogens (tertiary/aromatic N) is 2. The van der Waals surface area contributed by atoms with Crippen molar-refractivity contribution in [1.29, 1.82) is 0 Å². The molecular formula is C14H12IN3O2. The molecule has 0 radical (unpaired) electrons. The van der Waals surface area contributed by atoms with Gasteiger partial charge in [-0.2, -0.15) is 5.10 Å². The minimum absolute atomic E-state index is 0.111. The SMILES string of the molecule is Cc1ccc(C(=O)N/N=C\c2cc(I)ccc2O)cn1. The maximum atomic E-state index is 11.8. The van der Waals surface area contributed by atoms with Gasteiger partial charge in [0.05, 0.1) is 11.8 Å². The van der Waals surface area contributed by atoms with Gasteiger partial charge < -0.3 is 5.11 Å². The lowest BCUT2D eigenvalue weighted by molar-refractivity contribution is 0.0954. The first-order chi connectivity index (χ1) is 9.56. The quantitative estimate of drug-likeness (QED) is 0.487. The van der Waals surface area contributed by atoms with Crippen molar-refractivity contribution in [2.24, 2.45) is 5.10 Å². The third kappa shape index (κ3) is 3.77. The van der Waals surface area contributed by atoms with Crippen molar-refractivity contribution in [3.05, 3.63) is 56.9 Å². The van der Waals surface area contributed by atoms with Crippen molar-refractivity contribution in [1.82, 2.24) is 10.4 Å². The smallest absolute Gasteiger partial charge is 0.272 e. The van der Waals surface area contributed by atoms with E-state index in [0.29, 0.717) is 11.1 Å². The lowest BCUT2D eigenvalue weighted by Gasteiger charge is -2.01. The van der Waals surface area contributed by atoms with Crippen molar-refractivity contribution < 1.29 is 9.90 Å². The molecule has 0 unspecified atom stereocenters. The van der Waals surface area contributed by atoms with Gasteiger partial charge in [0, 0.05) is 21.0 Å². The Kier molecular flexibility index (Phi) is 4.67. The summed E-state index contributed by atoms with van der Waals surface area (Å²) in [4.78, 5) is 15.8. The number of carbonyl (C=O) groups excluding carboxylic acids is 1. The van der Waals surface area contributed by atoms with Gasteiger partial charge in [-0.15, -0.1) is 0 Å². The third-order valence-electron chi connectivity index (χ3n) is 2.53. The number of phenols is 1. The summed E-state index contributed by atoms with van der Waals surface area (Å²) in [6, 6.07) is 8.55. The van der Waals surface area contributed by atoms with Crippen LogP contribution in [0.5, 0.6) is 5.75 Å². The second kappa shape index (κ2) is 6.47. The minimum Gasteiger partial charge on any atom is -0.507 e. The number of carbonyl (C=O) groups is 1. The van der Waals surface area contributed by atoms with Crippen molar-refractivity contribution >= 4 is 34.7 Å². The molecule has 0 aliphatic carbocycles. The highest BCUT2D eigenvalue weighted by atomic mass is 127. The second-order valence-electron chi connectivity index (χ2n) is 4.09. The zero-order valence-electron chi connectivity index (χ0n) is 10.7. The normalized spacial score (nSPS) is 10.7. The molecule has 2 rings (SSSR count). The summed E-state index contributed by atoms with van der Waals surface area (Å²) in [5.74, 6) is -0.237. The Morgan fingerprint density at radius 3 is 2.90 bits per heavy atom. The minimum atomic E-state index is -0.348. The van der Waals surface area contributed by atoms with Gasteiger partial charge in [-0.25, -0.2) is 5.43 Å². The molecule has 0 bridgehead atoms. The van der Waals surface area contributed by atoms with Crippen LogP contribution in [0.15, 0.2) is 41.6 Å². The Hall–Kier alpha value is -1.96. The molecule has 0 atom stereocenters. The fraction of sp³-hybridized carbons (Fsp3) is 0.0714. The highest BCUT2D eigenvalue weighted by Gasteiger charge is 2.04. The highest BCUT2D eigenvalue weighted by Crippen LogP contribution is 2.17. The van der Waals surface area contributed by atoms with Crippen LogP contribution in [0.2, 0.25) is 0 Å². The van der Waals surface area contributed by atoms with Crippen LogP contribution in [0.3, 0.4) is 0 Å². The number of benzene rings is 1. The molecule has 6 heteroatoms. The van der Waals surface area contributed by atoms with E-state index >= 15 is 0 Å². The molecule has 1 heterocycles. The molecular weight excluding hydrogens is 369 g/mol. The van der Waals surface area contributed by atoms with Gasteiger partial charge in [0.15, 0.2) is 0 Å². The summed E-state index contributed by atoms with van der Waals surface area (Å²) >= 11 is 2.13. The maximum absolute atomic E-state index is 11.8. The van der Waals surface area contributed by atoms with Crippen LogP contribution >= 0.6 is 22.6 Å². The molecule has 102 valence electrons. The van der Waals surface area contributed by atoms with Crippen molar-refractivity contribution in [2.45, 2.75) is 6.92 Å². The summed E-state index contributed by atoms with van der Waals surface area (Å²) in [5.41, 5.74) is 4.20. The number of amides is 1. The molecule has 2 N–H and O–H groups in total. The molecule has 5 nitrogen and oxygen atoms in total. The molecule has 0 saturated heterocycles. The topological polar surface area (TPSA) is 74.6 Å². The van der Waals surface area contributed by atoms with E-state index in [4.69, 9.17) is 0 Å². The fourth-order valence-electron chi connectivity index (χ4n) is 1.46. The number of hydrogen-bond donors (Lipinski definition) is 2. The van der Waals surface area contributed by atoms with Crippen molar-refractivity contribution in [2.75, 3.05) is 0 Å². The lowest BCUT2D eigenvalue weighted by Crippen LogP contribution is -2.17. The fourth-order valence-corrected chi connectivity index (χ4v) is 1.97. The number of aromatic hydroxyl groups is 1. The van der Waals surface area contributed by atoms with Crippen LogP contribution in [0.25, 0.3) is 0 Å². The predicted octanol–water partition coefficient (Wildman–Crippen LogP) is 2.46. The standard InChI is InChI=1S/C14H12IN3O2/c1-9-2-3-10(7-16-9)14(20)18-17-8-11-6-12(15)4-5-13(11)19/h2-8,19H,1H3,(H,18,20)/b17-8-. The largest absolute Gasteiger partial charge is 0.507 e. The van der Waals surface area contributed by atoms with E-state index in [0.717, 1.165) is 9.26 Å². The van der Waals surface area contributed by atoms with Crippen LogP contribution in [-0.4, -0.2) is 22.2 Å². The second-order valence-corrected chi connectivity index (χ2v) is 5.34. The Balaban J connectivity index is 2.04. The van der Waals surface area contributed by atoms with E-state index < -0.39 is 0 Å². The highest BCUT2D eigenvalue weighted by molar-refractivity contribution is 14.1. The zero-order chi connectivity index (χ0) is 14.5. The van der Waals surface area contributed by atoms with Crippen LogP contribution in [0.1, 0.15) is 21.6 Å². The molecule has 2 aromatic rings. The van der Waals surface area contributed by atoms with Gasteiger partial charge >= 0.3 is 0 Å². The van der Waals surface area contributed by atoms with E-state index in [9.17, 15) is 9.90 Å². The average Bonchev–Trinajstić information content (AvgIpc) is 2.43. The molecule has 0 aliphatic heterocycles. The molecule has 0 spiro atoms. The lowest BCUT2D eigenvalue weighted by atomic mass is 10.2. The number of halogens is 1. The Bertz CT molecular complexity index is 654. The van der Waals surface area contributed by atoms with Gasteiger partial charge in [-0.1, -0.05) is 0 Å². The van der Waals surface area contributed by atoms with E-state index in [1.807, 2.05) is 6.92 Å². The monoisotopic (exact) mass is 381 g/mol. The third-order valence-corrected chi connectivity index (χ3v) is 3.20. The van der Waals surface area contributed by atoms with Crippen LogP contribution in [0.4, 0.5) is 0 Å². The summed E-state index contributed by atoms with van der Waals surface area (Å²) < 4.78 is 0.968. The van der Waals surface area contributed by atoms with E-state index in [1.165, 1.54) is 12.4 Å². The van der Waals surface area contributed by atoms with Crippen LogP contribution in [-0.2, 0) is 0 Å². The number of aromatic nitrogens is 1. The van der Waals surface area contributed by atoms with Crippen molar-refractivity contribution in [3.63, 3.8) is 0 Å². The Morgan fingerprint density at radius 1 is 1.40 bits per heavy atom. The molecule has 1 aromatic carbocycles. The summed E-state index contributed by atoms with van der Waals surface area (Å²) in [6.07, 6.45) is 2.89. The number of phenolic OH excluding ortho intramolecular Hbond substituents is 1. The summed E-state index contributed by atoms with van der Waals surface area (Å²) in [5, 5.41) is 13.5. The van der Waals surface area contributed by atoms with Crippen LogP contribution < -0.4 is 5.43 Å². The van der Waals surface area contributed by atoms with Gasteiger partial charge in [0.1, 0.15) is 5.75 Å². The van der Waals surface area contributed by atoms with Crippen molar-refractivity contribution in [3.8, 4) is 5.75 Å². The number of hydrogen-bond acceptors (Lipinski definition) is 4. The number of aryl methyl sites for hydroxylation is 1. The Morgan fingerprint density at radius 2 is 2.20 bits per heavy atom. The molecule has 0 fully saturated rings. The number of nitrogens with one attached hydrogen (secondary N) is 1. The molecule has 0 saturated carbocycles. The van der Waals surface area contributed by atoms with Gasteiger partial charge in [-0.3, -0.25) is 9.78 Å². The predicted molar refractivity (Wildman–Crippen MR) is 84.9 cm³/mol. The van der Waals surface area contributed by atoms with E-state index in [2.05, 4.69) is 38.1 Å².